The smallest absolute Gasteiger partial charge is 0.224 e. The van der Waals surface area contributed by atoms with Crippen molar-refractivity contribution in [1.82, 2.24) is 10.6 Å². The van der Waals surface area contributed by atoms with Gasteiger partial charge in [0.25, 0.3) is 0 Å². The van der Waals surface area contributed by atoms with E-state index in [1.165, 1.54) is 6.07 Å². The molecule has 0 aromatic heterocycles. The van der Waals surface area contributed by atoms with Gasteiger partial charge in [-0.1, -0.05) is 17.7 Å². The van der Waals surface area contributed by atoms with E-state index in [1.54, 1.807) is 12.1 Å². The summed E-state index contributed by atoms with van der Waals surface area (Å²) in [5, 5.41) is 6.88. The Morgan fingerprint density at radius 1 is 1.45 bits per heavy atom. The molecule has 1 aliphatic heterocycles. The number of carbonyl (C=O) groups is 1. The molecule has 0 spiro atoms. The Labute approximate surface area is 141 Å². The van der Waals surface area contributed by atoms with Crippen LogP contribution in [-0.2, 0) is 4.79 Å². The lowest BCUT2D eigenvalue weighted by Crippen LogP contribution is -2.52. The van der Waals surface area contributed by atoms with E-state index in [9.17, 15) is 9.18 Å². The zero-order valence-electron chi connectivity index (χ0n) is 12.4. The summed E-state index contributed by atoms with van der Waals surface area (Å²) in [4.78, 5) is 12.3. The Kier molecular flexibility index (Phi) is 5.70. The molecule has 1 aromatic carbocycles. The molecule has 1 amide bonds. The van der Waals surface area contributed by atoms with Crippen molar-refractivity contribution in [3.8, 4) is 0 Å². The van der Waals surface area contributed by atoms with E-state index in [0.29, 0.717) is 17.0 Å². The summed E-state index contributed by atoms with van der Waals surface area (Å²) in [6, 6.07) is 5.14. The lowest BCUT2D eigenvalue weighted by Gasteiger charge is -2.30. The molecule has 0 radical (unpaired) electrons. The molecule has 1 heterocycles. The fourth-order valence-corrected chi connectivity index (χ4v) is 3.50. The number of amides is 1. The van der Waals surface area contributed by atoms with Gasteiger partial charge in [-0.15, -0.1) is 12.4 Å². The first-order valence-corrected chi connectivity index (χ1v) is 7.93. The molecule has 6 heteroatoms. The number of rotatable bonds is 3. The minimum Gasteiger partial charge on any atom is -0.352 e. The molecule has 1 aliphatic carbocycles. The summed E-state index contributed by atoms with van der Waals surface area (Å²) in [7, 11) is 0. The van der Waals surface area contributed by atoms with Crippen molar-refractivity contribution in [2.45, 2.75) is 44.2 Å². The van der Waals surface area contributed by atoms with Crippen LogP contribution in [-0.4, -0.2) is 24.5 Å². The average molecular weight is 347 g/mol. The Bertz CT molecular complexity index is 535. The predicted molar refractivity (Wildman–Crippen MR) is 88.1 cm³/mol. The number of hydrogen-bond acceptors (Lipinski definition) is 2. The molecule has 2 N–H and O–H groups in total. The van der Waals surface area contributed by atoms with Crippen molar-refractivity contribution in [2.75, 3.05) is 6.54 Å². The fraction of sp³-hybridized carbons (Fsp3) is 0.562. The molecular weight excluding hydrogens is 326 g/mol. The number of benzene rings is 1. The lowest BCUT2D eigenvalue weighted by molar-refractivity contribution is -0.123. The maximum absolute atomic E-state index is 13.9. The first-order chi connectivity index (χ1) is 10.1. The first-order valence-electron chi connectivity index (χ1n) is 7.55. The maximum atomic E-state index is 13.9. The minimum atomic E-state index is -0.310. The zero-order chi connectivity index (χ0) is 15.0. The fourth-order valence-electron chi connectivity index (χ4n) is 3.20. The second kappa shape index (κ2) is 7.16. The van der Waals surface area contributed by atoms with Crippen LogP contribution in [0.3, 0.4) is 0 Å². The van der Waals surface area contributed by atoms with E-state index in [-0.39, 0.29) is 48.1 Å². The van der Waals surface area contributed by atoms with Gasteiger partial charge in [-0.2, -0.15) is 0 Å². The third kappa shape index (κ3) is 3.55. The summed E-state index contributed by atoms with van der Waals surface area (Å²) in [6.07, 6.45) is 2.75. The summed E-state index contributed by atoms with van der Waals surface area (Å²) in [5.41, 5.74) is 0.495. The summed E-state index contributed by atoms with van der Waals surface area (Å²) >= 11 is 6.07. The van der Waals surface area contributed by atoms with Crippen LogP contribution in [0.5, 0.6) is 0 Å². The maximum Gasteiger partial charge on any atom is 0.224 e. The van der Waals surface area contributed by atoms with Gasteiger partial charge >= 0.3 is 0 Å². The van der Waals surface area contributed by atoms with E-state index < -0.39 is 0 Å². The van der Waals surface area contributed by atoms with Crippen LogP contribution in [0, 0.1) is 11.7 Å². The van der Waals surface area contributed by atoms with Gasteiger partial charge in [0, 0.05) is 34.5 Å². The molecule has 122 valence electrons. The van der Waals surface area contributed by atoms with Crippen molar-refractivity contribution < 1.29 is 9.18 Å². The monoisotopic (exact) mass is 346 g/mol. The van der Waals surface area contributed by atoms with E-state index in [0.717, 1.165) is 19.4 Å². The molecule has 4 atom stereocenters. The SMILES string of the molecule is CC1NCCCC1NC(=O)C1CC1c1c(F)cccc1Cl.Cl. The van der Waals surface area contributed by atoms with E-state index in [1.807, 2.05) is 0 Å². The predicted octanol–water partition coefficient (Wildman–Crippen LogP) is 3.26. The molecule has 3 nitrogen and oxygen atoms in total. The van der Waals surface area contributed by atoms with Gasteiger partial charge in [-0.25, -0.2) is 4.39 Å². The van der Waals surface area contributed by atoms with Crippen LogP contribution < -0.4 is 10.6 Å². The molecule has 0 bridgehead atoms. The van der Waals surface area contributed by atoms with Gasteiger partial charge in [0.15, 0.2) is 0 Å². The van der Waals surface area contributed by atoms with Gasteiger partial charge in [0.05, 0.1) is 0 Å². The van der Waals surface area contributed by atoms with E-state index in [4.69, 9.17) is 11.6 Å². The third-order valence-corrected chi connectivity index (χ3v) is 4.92. The van der Waals surface area contributed by atoms with Crippen LogP contribution in [0.1, 0.15) is 37.7 Å². The molecule has 2 fully saturated rings. The second-order valence-electron chi connectivity index (χ2n) is 6.08. The minimum absolute atomic E-state index is 0. The topological polar surface area (TPSA) is 41.1 Å². The lowest BCUT2D eigenvalue weighted by atomic mass is 9.99. The highest BCUT2D eigenvalue weighted by molar-refractivity contribution is 6.31. The highest BCUT2D eigenvalue weighted by Crippen LogP contribution is 2.50. The Morgan fingerprint density at radius 2 is 2.23 bits per heavy atom. The molecule has 1 saturated heterocycles. The van der Waals surface area contributed by atoms with Crippen LogP contribution in [0.2, 0.25) is 5.02 Å². The van der Waals surface area contributed by atoms with Gasteiger partial charge in [-0.3, -0.25) is 4.79 Å². The molecule has 3 rings (SSSR count). The highest BCUT2D eigenvalue weighted by atomic mass is 35.5. The molecule has 2 aliphatic rings. The van der Waals surface area contributed by atoms with Crippen molar-refractivity contribution in [1.29, 1.82) is 0 Å². The third-order valence-electron chi connectivity index (χ3n) is 4.59. The van der Waals surface area contributed by atoms with Crippen molar-refractivity contribution >= 4 is 29.9 Å². The largest absolute Gasteiger partial charge is 0.352 e. The second-order valence-corrected chi connectivity index (χ2v) is 6.49. The van der Waals surface area contributed by atoms with Gasteiger partial charge in [-0.05, 0) is 44.9 Å². The normalized spacial score (nSPS) is 30.3. The van der Waals surface area contributed by atoms with E-state index >= 15 is 0 Å². The van der Waals surface area contributed by atoms with Gasteiger partial charge < -0.3 is 10.6 Å². The number of nitrogens with one attached hydrogen (secondary N) is 2. The Morgan fingerprint density at radius 3 is 2.91 bits per heavy atom. The van der Waals surface area contributed by atoms with Gasteiger partial charge in [0.2, 0.25) is 5.91 Å². The molecule has 1 aromatic rings. The summed E-state index contributed by atoms with van der Waals surface area (Å²) < 4.78 is 13.9. The van der Waals surface area contributed by atoms with Crippen LogP contribution >= 0.6 is 24.0 Å². The molecule has 22 heavy (non-hydrogen) atoms. The number of carbonyl (C=O) groups excluding carboxylic acids is 1. The molecule has 4 unspecified atom stereocenters. The highest BCUT2D eigenvalue weighted by Gasteiger charge is 2.46. The van der Waals surface area contributed by atoms with Crippen molar-refractivity contribution in [3.63, 3.8) is 0 Å². The quantitative estimate of drug-likeness (QED) is 0.881. The van der Waals surface area contributed by atoms with Crippen molar-refractivity contribution in [2.24, 2.45) is 5.92 Å². The molecule has 1 saturated carbocycles. The standard InChI is InChI=1S/C16H20ClFN2O.ClH/c1-9-14(6-3-7-19-9)20-16(21)11-8-10(11)15-12(17)4-2-5-13(15)18;/h2,4-5,9-11,14,19H,3,6-8H2,1H3,(H,20,21);1H. The Balaban J connectivity index is 0.00000176. The summed E-state index contributed by atoms with van der Waals surface area (Å²) in [5.74, 6) is -0.505. The zero-order valence-corrected chi connectivity index (χ0v) is 14.0. The van der Waals surface area contributed by atoms with Crippen molar-refractivity contribution in [3.05, 3.63) is 34.6 Å². The number of piperidine rings is 1. The first kappa shape index (κ1) is 17.5. The number of hydrogen-bond donors (Lipinski definition) is 2. The van der Waals surface area contributed by atoms with Crippen LogP contribution in [0.25, 0.3) is 0 Å². The molecular formula is C16H21Cl2FN2O. The Hall–Kier alpha value is -0.840. The van der Waals surface area contributed by atoms with E-state index in [2.05, 4.69) is 17.6 Å². The van der Waals surface area contributed by atoms with Gasteiger partial charge in [0.1, 0.15) is 5.82 Å². The van der Waals surface area contributed by atoms with Crippen LogP contribution in [0.4, 0.5) is 4.39 Å². The summed E-state index contributed by atoms with van der Waals surface area (Å²) in [6.45, 7) is 3.09. The van der Waals surface area contributed by atoms with Crippen LogP contribution in [0.15, 0.2) is 18.2 Å². The number of halogens is 3. The average Bonchev–Trinajstić information content (AvgIpc) is 3.21.